The van der Waals surface area contributed by atoms with Gasteiger partial charge in [0, 0.05) is 6.54 Å². The normalized spacial score (nSPS) is 18.5. The lowest BCUT2D eigenvalue weighted by atomic mass is 9.69. The Morgan fingerprint density at radius 2 is 1.58 bits per heavy atom. The van der Waals surface area contributed by atoms with Crippen molar-refractivity contribution in [3.05, 3.63) is 34.4 Å². The summed E-state index contributed by atoms with van der Waals surface area (Å²) in [5, 5.41) is 3.45. The van der Waals surface area contributed by atoms with Crippen LogP contribution in [0.3, 0.4) is 0 Å². The highest BCUT2D eigenvalue weighted by Gasteiger charge is 2.32. The van der Waals surface area contributed by atoms with Gasteiger partial charge in [0.2, 0.25) is 0 Å². The first-order valence-corrected chi connectivity index (χ1v) is 7.78. The highest BCUT2D eigenvalue weighted by Crippen LogP contribution is 2.40. The lowest BCUT2D eigenvalue weighted by Crippen LogP contribution is -2.37. The molecule has 19 heavy (non-hydrogen) atoms. The summed E-state index contributed by atoms with van der Waals surface area (Å²) >= 11 is 0. The Hall–Kier alpha value is -0.820. The molecule has 0 bridgehead atoms. The molecule has 1 aromatic carbocycles. The van der Waals surface area contributed by atoms with Crippen molar-refractivity contribution in [3.8, 4) is 0 Å². The topological polar surface area (TPSA) is 12.0 Å². The number of hydrogen-bond acceptors (Lipinski definition) is 1. The standard InChI is InChI=1S/C18H29N/c1-14-10-15(2)17(16(3)11-14)12-18(13-19-4)8-6-5-7-9-18/h10-11,19H,5-9,12-13H2,1-4H3. The summed E-state index contributed by atoms with van der Waals surface area (Å²) in [5.74, 6) is 0. The monoisotopic (exact) mass is 259 g/mol. The molecule has 0 unspecified atom stereocenters. The van der Waals surface area contributed by atoms with Crippen LogP contribution in [0.15, 0.2) is 12.1 Å². The Bertz CT molecular complexity index is 399. The largest absolute Gasteiger partial charge is 0.319 e. The highest BCUT2D eigenvalue weighted by molar-refractivity contribution is 5.38. The quantitative estimate of drug-likeness (QED) is 0.849. The van der Waals surface area contributed by atoms with Crippen molar-refractivity contribution in [1.29, 1.82) is 0 Å². The third-order valence-corrected chi connectivity index (χ3v) is 4.86. The van der Waals surface area contributed by atoms with E-state index in [-0.39, 0.29) is 0 Å². The molecule has 1 nitrogen and oxygen atoms in total. The molecule has 106 valence electrons. The van der Waals surface area contributed by atoms with Crippen molar-refractivity contribution in [2.24, 2.45) is 5.41 Å². The molecular formula is C18H29N. The van der Waals surface area contributed by atoms with Crippen molar-refractivity contribution in [2.75, 3.05) is 13.6 Å². The summed E-state index contributed by atoms with van der Waals surface area (Å²) in [7, 11) is 2.10. The van der Waals surface area contributed by atoms with Crippen molar-refractivity contribution < 1.29 is 0 Å². The highest BCUT2D eigenvalue weighted by atomic mass is 14.8. The van der Waals surface area contributed by atoms with E-state index >= 15 is 0 Å². The maximum Gasteiger partial charge on any atom is 0.000800 e. The van der Waals surface area contributed by atoms with Crippen LogP contribution in [-0.4, -0.2) is 13.6 Å². The molecule has 0 atom stereocenters. The van der Waals surface area contributed by atoms with Crippen LogP contribution in [0.4, 0.5) is 0 Å². The number of benzene rings is 1. The van der Waals surface area contributed by atoms with Gasteiger partial charge >= 0.3 is 0 Å². The van der Waals surface area contributed by atoms with E-state index in [1.807, 2.05) is 0 Å². The molecule has 1 fully saturated rings. The molecule has 0 spiro atoms. The molecule has 0 aromatic heterocycles. The predicted molar refractivity (Wildman–Crippen MR) is 83.8 cm³/mol. The lowest BCUT2D eigenvalue weighted by molar-refractivity contribution is 0.184. The van der Waals surface area contributed by atoms with Crippen molar-refractivity contribution >= 4 is 0 Å². The van der Waals surface area contributed by atoms with E-state index in [2.05, 4.69) is 45.3 Å². The number of aryl methyl sites for hydroxylation is 3. The Labute approximate surface area is 118 Å². The van der Waals surface area contributed by atoms with Crippen LogP contribution in [0.1, 0.15) is 54.4 Å². The van der Waals surface area contributed by atoms with Gasteiger partial charge in [0.25, 0.3) is 0 Å². The zero-order valence-corrected chi connectivity index (χ0v) is 13.1. The summed E-state index contributed by atoms with van der Waals surface area (Å²) in [6.07, 6.45) is 8.28. The van der Waals surface area contributed by atoms with Gasteiger partial charge in [-0.15, -0.1) is 0 Å². The molecule has 0 heterocycles. The molecule has 0 radical (unpaired) electrons. The zero-order valence-electron chi connectivity index (χ0n) is 13.1. The third-order valence-electron chi connectivity index (χ3n) is 4.86. The van der Waals surface area contributed by atoms with Gasteiger partial charge < -0.3 is 5.32 Å². The first-order chi connectivity index (χ1) is 9.06. The first-order valence-electron chi connectivity index (χ1n) is 7.78. The first kappa shape index (κ1) is 14.6. The third kappa shape index (κ3) is 3.39. The van der Waals surface area contributed by atoms with Crippen LogP contribution in [0.2, 0.25) is 0 Å². The number of nitrogens with one attached hydrogen (secondary N) is 1. The summed E-state index contributed by atoms with van der Waals surface area (Å²) in [6, 6.07) is 4.69. The minimum atomic E-state index is 0.498. The van der Waals surface area contributed by atoms with Gasteiger partial charge in [-0.25, -0.2) is 0 Å². The Morgan fingerprint density at radius 1 is 1.00 bits per heavy atom. The molecule has 0 saturated heterocycles. The van der Waals surface area contributed by atoms with E-state index < -0.39 is 0 Å². The van der Waals surface area contributed by atoms with Crippen LogP contribution in [-0.2, 0) is 6.42 Å². The zero-order chi connectivity index (χ0) is 13.9. The molecule has 1 aromatic rings. The molecule has 0 amide bonds. The second-order valence-electron chi connectivity index (χ2n) is 6.65. The maximum absolute atomic E-state index is 3.45. The fraction of sp³-hybridized carbons (Fsp3) is 0.667. The minimum Gasteiger partial charge on any atom is -0.319 e. The Kier molecular flexibility index (Phi) is 4.67. The van der Waals surface area contributed by atoms with E-state index in [1.54, 1.807) is 5.56 Å². The molecule has 1 aliphatic carbocycles. The van der Waals surface area contributed by atoms with E-state index in [0.29, 0.717) is 5.41 Å². The van der Waals surface area contributed by atoms with Gasteiger partial charge in [-0.2, -0.15) is 0 Å². The SMILES string of the molecule is CNCC1(Cc2c(C)cc(C)cc2C)CCCCC1. The van der Waals surface area contributed by atoms with Gasteiger partial charge in [-0.05, 0) is 69.2 Å². The van der Waals surface area contributed by atoms with E-state index in [9.17, 15) is 0 Å². The molecule has 1 saturated carbocycles. The fourth-order valence-electron chi connectivity index (χ4n) is 3.96. The number of rotatable bonds is 4. The maximum atomic E-state index is 3.45. The van der Waals surface area contributed by atoms with Crippen LogP contribution >= 0.6 is 0 Å². The predicted octanol–water partition coefficient (Wildman–Crippen LogP) is 4.32. The van der Waals surface area contributed by atoms with E-state index in [1.165, 1.54) is 61.8 Å². The molecule has 1 N–H and O–H groups in total. The van der Waals surface area contributed by atoms with Crippen molar-refractivity contribution in [2.45, 2.75) is 59.3 Å². The summed E-state index contributed by atoms with van der Waals surface area (Å²) in [6.45, 7) is 7.93. The number of hydrogen-bond donors (Lipinski definition) is 1. The molecule has 2 rings (SSSR count). The Morgan fingerprint density at radius 3 is 2.11 bits per heavy atom. The summed E-state index contributed by atoms with van der Waals surface area (Å²) in [4.78, 5) is 0. The summed E-state index contributed by atoms with van der Waals surface area (Å²) < 4.78 is 0. The van der Waals surface area contributed by atoms with Crippen LogP contribution in [0.5, 0.6) is 0 Å². The van der Waals surface area contributed by atoms with E-state index in [4.69, 9.17) is 0 Å². The fourth-order valence-corrected chi connectivity index (χ4v) is 3.96. The smallest absolute Gasteiger partial charge is 0.000800 e. The van der Waals surface area contributed by atoms with E-state index in [0.717, 1.165) is 0 Å². The van der Waals surface area contributed by atoms with Gasteiger partial charge in [0.1, 0.15) is 0 Å². The van der Waals surface area contributed by atoms with Gasteiger partial charge in [0.15, 0.2) is 0 Å². The average Bonchev–Trinajstić information content (AvgIpc) is 2.35. The molecular weight excluding hydrogens is 230 g/mol. The molecule has 0 aliphatic heterocycles. The van der Waals surface area contributed by atoms with Gasteiger partial charge in [-0.3, -0.25) is 0 Å². The second kappa shape index (κ2) is 6.09. The van der Waals surface area contributed by atoms with Crippen LogP contribution < -0.4 is 5.32 Å². The van der Waals surface area contributed by atoms with Crippen LogP contribution in [0, 0.1) is 26.2 Å². The van der Waals surface area contributed by atoms with Gasteiger partial charge in [-0.1, -0.05) is 37.0 Å². The molecule has 1 heteroatoms. The van der Waals surface area contributed by atoms with Crippen molar-refractivity contribution in [1.82, 2.24) is 5.32 Å². The lowest BCUT2D eigenvalue weighted by Gasteiger charge is -2.38. The minimum absolute atomic E-state index is 0.498. The van der Waals surface area contributed by atoms with Gasteiger partial charge in [0.05, 0.1) is 0 Å². The molecule has 1 aliphatic rings. The second-order valence-corrected chi connectivity index (χ2v) is 6.65. The Balaban J connectivity index is 2.26. The van der Waals surface area contributed by atoms with Crippen molar-refractivity contribution in [3.63, 3.8) is 0 Å². The summed E-state index contributed by atoms with van der Waals surface area (Å²) in [5.41, 5.74) is 6.46. The van der Waals surface area contributed by atoms with Crippen LogP contribution in [0.25, 0.3) is 0 Å². The average molecular weight is 259 g/mol.